The summed E-state index contributed by atoms with van der Waals surface area (Å²) in [5.41, 5.74) is 1.32. The molecule has 0 bridgehead atoms. The third-order valence-corrected chi connectivity index (χ3v) is 5.66. The van der Waals surface area contributed by atoms with Crippen molar-refractivity contribution in [1.82, 2.24) is 9.80 Å². The maximum atomic E-state index is 12.6. The van der Waals surface area contributed by atoms with Crippen molar-refractivity contribution in [2.75, 3.05) is 31.5 Å². The lowest BCUT2D eigenvalue weighted by atomic mass is 10.1. The van der Waals surface area contributed by atoms with E-state index in [9.17, 15) is 14.4 Å². The van der Waals surface area contributed by atoms with Crippen LogP contribution in [0.2, 0.25) is 0 Å². The molecule has 1 N–H and O–H groups in total. The standard InChI is InChI=1S/C22H31N3O3/c1-2-3-12-25-16-18(15-20(25)26)21(27)23-19-10-8-17(9-11-19)22(28)24-13-6-4-5-7-14-24/h8-11,18H,2-7,12-16H2,1H3,(H,23,27). The van der Waals surface area contributed by atoms with E-state index in [1.54, 1.807) is 29.2 Å². The topological polar surface area (TPSA) is 69.7 Å². The molecule has 2 saturated heterocycles. The van der Waals surface area contributed by atoms with Gasteiger partial charge in [0.05, 0.1) is 5.92 Å². The van der Waals surface area contributed by atoms with Crippen LogP contribution in [-0.2, 0) is 9.59 Å². The van der Waals surface area contributed by atoms with E-state index in [1.165, 1.54) is 12.8 Å². The van der Waals surface area contributed by atoms with E-state index in [4.69, 9.17) is 0 Å². The van der Waals surface area contributed by atoms with Crippen molar-refractivity contribution in [2.45, 2.75) is 51.9 Å². The number of rotatable bonds is 6. The van der Waals surface area contributed by atoms with Crippen LogP contribution in [0, 0.1) is 5.92 Å². The van der Waals surface area contributed by atoms with Crippen molar-refractivity contribution in [3.05, 3.63) is 29.8 Å². The van der Waals surface area contributed by atoms with Crippen LogP contribution in [0.1, 0.15) is 62.2 Å². The molecule has 1 unspecified atom stereocenters. The number of hydrogen-bond donors (Lipinski definition) is 1. The number of nitrogens with one attached hydrogen (secondary N) is 1. The zero-order chi connectivity index (χ0) is 19.9. The Hall–Kier alpha value is -2.37. The molecule has 6 nitrogen and oxygen atoms in total. The maximum absolute atomic E-state index is 12.6. The molecule has 2 fully saturated rings. The summed E-state index contributed by atoms with van der Waals surface area (Å²) in [5.74, 6) is -0.304. The monoisotopic (exact) mass is 385 g/mol. The summed E-state index contributed by atoms with van der Waals surface area (Å²) in [7, 11) is 0. The maximum Gasteiger partial charge on any atom is 0.253 e. The first kappa shape index (κ1) is 20.4. The lowest BCUT2D eigenvalue weighted by Crippen LogP contribution is -2.31. The van der Waals surface area contributed by atoms with E-state index in [2.05, 4.69) is 12.2 Å². The first-order chi connectivity index (χ1) is 13.6. The minimum Gasteiger partial charge on any atom is -0.342 e. The SMILES string of the molecule is CCCCN1CC(C(=O)Nc2ccc(C(=O)N3CCCCCC3)cc2)CC1=O. The van der Waals surface area contributed by atoms with Crippen LogP contribution in [0.15, 0.2) is 24.3 Å². The second-order valence-electron chi connectivity index (χ2n) is 7.87. The Morgan fingerprint density at radius 2 is 1.75 bits per heavy atom. The summed E-state index contributed by atoms with van der Waals surface area (Å²) in [4.78, 5) is 40.9. The largest absolute Gasteiger partial charge is 0.342 e. The van der Waals surface area contributed by atoms with Crippen LogP contribution in [0.25, 0.3) is 0 Å². The zero-order valence-electron chi connectivity index (χ0n) is 16.8. The van der Waals surface area contributed by atoms with Crippen LogP contribution >= 0.6 is 0 Å². The Morgan fingerprint density at radius 1 is 1.07 bits per heavy atom. The highest BCUT2D eigenvalue weighted by Crippen LogP contribution is 2.21. The summed E-state index contributed by atoms with van der Waals surface area (Å²) in [5, 5.41) is 2.89. The van der Waals surface area contributed by atoms with E-state index in [-0.39, 0.29) is 30.1 Å². The number of carbonyl (C=O) groups excluding carboxylic acids is 3. The molecule has 1 atom stereocenters. The normalized spacial score (nSPS) is 20.2. The van der Waals surface area contributed by atoms with Crippen LogP contribution in [-0.4, -0.2) is 53.7 Å². The van der Waals surface area contributed by atoms with Crippen LogP contribution in [0.4, 0.5) is 5.69 Å². The van der Waals surface area contributed by atoms with Gasteiger partial charge in [0.15, 0.2) is 0 Å². The van der Waals surface area contributed by atoms with E-state index in [0.29, 0.717) is 17.8 Å². The molecule has 2 aliphatic heterocycles. The highest BCUT2D eigenvalue weighted by atomic mass is 16.2. The third kappa shape index (κ3) is 5.12. The molecule has 2 aliphatic rings. The van der Waals surface area contributed by atoms with Gasteiger partial charge in [0.1, 0.15) is 0 Å². The number of carbonyl (C=O) groups is 3. The van der Waals surface area contributed by atoms with Gasteiger partial charge in [-0.15, -0.1) is 0 Å². The molecule has 6 heteroatoms. The summed E-state index contributed by atoms with van der Waals surface area (Å²) in [6.07, 6.45) is 6.78. The van der Waals surface area contributed by atoms with Crippen molar-refractivity contribution in [3.8, 4) is 0 Å². The van der Waals surface area contributed by atoms with Crippen molar-refractivity contribution >= 4 is 23.4 Å². The number of hydrogen-bond acceptors (Lipinski definition) is 3. The van der Waals surface area contributed by atoms with Gasteiger partial charge in [-0.05, 0) is 43.5 Å². The van der Waals surface area contributed by atoms with Gasteiger partial charge in [-0.25, -0.2) is 0 Å². The quantitative estimate of drug-likeness (QED) is 0.817. The summed E-state index contributed by atoms with van der Waals surface area (Å²) >= 11 is 0. The van der Waals surface area contributed by atoms with Crippen molar-refractivity contribution in [1.29, 1.82) is 0 Å². The number of likely N-dealkylation sites (tertiary alicyclic amines) is 2. The van der Waals surface area contributed by atoms with Gasteiger partial charge in [0, 0.05) is 43.9 Å². The Balaban J connectivity index is 1.54. The van der Waals surface area contributed by atoms with Crippen molar-refractivity contribution < 1.29 is 14.4 Å². The number of anilines is 1. The molecule has 0 aromatic heterocycles. The van der Waals surface area contributed by atoms with E-state index in [0.717, 1.165) is 45.3 Å². The Morgan fingerprint density at radius 3 is 2.39 bits per heavy atom. The number of benzene rings is 1. The van der Waals surface area contributed by atoms with Crippen molar-refractivity contribution in [2.24, 2.45) is 5.92 Å². The first-order valence-electron chi connectivity index (χ1n) is 10.6. The van der Waals surface area contributed by atoms with E-state index in [1.807, 2.05) is 4.90 Å². The Kier molecular flexibility index (Phi) is 7.06. The molecule has 3 rings (SSSR count). The fraction of sp³-hybridized carbons (Fsp3) is 0.591. The van der Waals surface area contributed by atoms with Gasteiger partial charge in [-0.2, -0.15) is 0 Å². The minimum atomic E-state index is -0.303. The average Bonchev–Trinajstić information content (AvgIpc) is 2.90. The lowest BCUT2D eigenvalue weighted by Gasteiger charge is -2.20. The predicted molar refractivity (Wildman–Crippen MR) is 109 cm³/mol. The lowest BCUT2D eigenvalue weighted by molar-refractivity contribution is -0.128. The third-order valence-electron chi connectivity index (χ3n) is 5.66. The molecule has 0 saturated carbocycles. The number of nitrogens with zero attached hydrogens (tertiary/aromatic N) is 2. The van der Waals surface area contributed by atoms with E-state index < -0.39 is 0 Å². The zero-order valence-corrected chi connectivity index (χ0v) is 16.8. The molecule has 152 valence electrons. The second-order valence-corrected chi connectivity index (χ2v) is 7.87. The van der Waals surface area contributed by atoms with Gasteiger partial charge < -0.3 is 15.1 Å². The fourth-order valence-corrected chi connectivity index (χ4v) is 3.91. The smallest absolute Gasteiger partial charge is 0.253 e. The first-order valence-corrected chi connectivity index (χ1v) is 10.6. The molecular weight excluding hydrogens is 354 g/mol. The van der Waals surface area contributed by atoms with Gasteiger partial charge in [0.2, 0.25) is 11.8 Å². The summed E-state index contributed by atoms with van der Waals surface area (Å²) in [6.45, 7) is 4.96. The molecule has 28 heavy (non-hydrogen) atoms. The molecule has 3 amide bonds. The van der Waals surface area contributed by atoms with Gasteiger partial charge in [-0.3, -0.25) is 14.4 Å². The minimum absolute atomic E-state index is 0.0620. The highest BCUT2D eigenvalue weighted by molar-refractivity contribution is 5.98. The van der Waals surface area contributed by atoms with Crippen LogP contribution in [0.3, 0.4) is 0 Å². The molecule has 2 heterocycles. The summed E-state index contributed by atoms with van der Waals surface area (Å²) in [6, 6.07) is 7.09. The van der Waals surface area contributed by atoms with Gasteiger partial charge in [-0.1, -0.05) is 26.2 Å². The Bertz CT molecular complexity index is 693. The second kappa shape index (κ2) is 9.71. The fourth-order valence-electron chi connectivity index (χ4n) is 3.91. The summed E-state index contributed by atoms with van der Waals surface area (Å²) < 4.78 is 0. The molecule has 0 radical (unpaired) electrons. The molecular formula is C22H31N3O3. The molecule has 1 aromatic rings. The molecule has 0 spiro atoms. The van der Waals surface area contributed by atoms with Gasteiger partial charge >= 0.3 is 0 Å². The Labute approximate surface area is 167 Å². The van der Waals surface area contributed by atoms with E-state index >= 15 is 0 Å². The molecule has 1 aromatic carbocycles. The highest BCUT2D eigenvalue weighted by Gasteiger charge is 2.33. The average molecular weight is 386 g/mol. The number of unbranched alkanes of at least 4 members (excludes halogenated alkanes) is 1. The van der Waals surface area contributed by atoms with Gasteiger partial charge in [0.25, 0.3) is 5.91 Å². The van der Waals surface area contributed by atoms with Crippen molar-refractivity contribution in [3.63, 3.8) is 0 Å². The predicted octanol–water partition coefficient (Wildman–Crippen LogP) is 3.29. The van der Waals surface area contributed by atoms with Crippen LogP contribution in [0.5, 0.6) is 0 Å². The number of amides is 3. The van der Waals surface area contributed by atoms with Crippen LogP contribution < -0.4 is 5.32 Å². The molecule has 0 aliphatic carbocycles.